The average molecular weight is 277 g/mol. The summed E-state index contributed by atoms with van der Waals surface area (Å²) >= 11 is 0. The van der Waals surface area contributed by atoms with Gasteiger partial charge in [0.2, 0.25) is 11.8 Å². The minimum Gasteiger partial charge on any atom is -0.353 e. The van der Waals surface area contributed by atoms with E-state index in [1.165, 1.54) is 0 Å². The summed E-state index contributed by atoms with van der Waals surface area (Å²) < 4.78 is 0. The Hall–Kier alpha value is -1.88. The van der Waals surface area contributed by atoms with Crippen molar-refractivity contribution in [1.29, 1.82) is 0 Å². The number of anilines is 1. The molecule has 0 bridgehead atoms. The van der Waals surface area contributed by atoms with Crippen molar-refractivity contribution >= 4 is 17.5 Å². The first-order valence-corrected chi connectivity index (χ1v) is 6.82. The molecule has 2 atom stereocenters. The summed E-state index contributed by atoms with van der Waals surface area (Å²) in [5.74, 6) is -0.278. The van der Waals surface area contributed by atoms with Gasteiger partial charge in [0.05, 0.1) is 12.1 Å². The van der Waals surface area contributed by atoms with Crippen LogP contribution >= 0.6 is 0 Å². The topological polar surface area (TPSA) is 70.2 Å². The molecule has 0 aliphatic carbocycles. The molecule has 20 heavy (non-hydrogen) atoms. The Kier molecular flexibility index (Phi) is 6.18. The van der Waals surface area contributed by atoms with Gasteiger partial charge in [-0.1, -0.05) is 18.2 Å². The third-order valence-corrected chi connectivity index (χ3v) is 2.76. The summed E-state index contributed by atoms with van der Waals surface area (Å²) in [5, 5.41) is 8.58. The lowest BCUT2D eigenvalue weighted by Gasteiger charge is -2.20. The van der Waals surface area contributed by atoms with Gasteiger partial charge >= 0.3 is 0 Å². The van der Waals surface area contributed by atoms with Crippen LogP contribution in [-0.2, 0) is 9.59 Å². The quantitative estimate of drug-likeness (QED) is 0.738. The van der Waals surface area contributed by atoms with E-state index >= 15 is 0 Å². The van der Waals surface area contributed by atoms with Gasteiger partial charge in [-0.2, -0.15) is 0 Å². The van der Waals surface area contributed by atoms with E-state index in [2.05, 4.69) is 16.0 Å². The summed E-state index contributed by atoms with van der Waals surface area (Å²) in [6.45, 7) is 7.27. The molecular weight excluding hydrogens is 254 g/mol. The molecule has 1 aromatic carbocycles. The molecule has 0 radical (unpaired) electrons. The molecule has 0 fully saturated rings. The summed E-state index contributed by atoms with van der Waals surface area (Å²) in [6.07, 6.45) is 0. The maximum absolute atomic E-state index is 12.0. The highest BCUT2D eigenvalue weighted by atomic mass is 16.2. The van der Waals surface area contributed by atoms with E-state index in [1.807, 2.05) is 44.2 Å². The number of rotatable bonds is 6. The Bertz CT molecular complexity index is 446. The molecule has 5 heteroatoms. The van der Waals surface area contributed by atoms with Gasteiger partial charge in [0.25, 0.3) is 0 Å². The SMILES string of the molecule is CC(C)NC(=O)C(C)NC(C)C(=O)Nc1ccccc1. The van der Waals surface area contributed by atoms with Crippen LogP contribution in [0.25, 0.3) is 0 Å². The lowest BCUT2D eigenvalue weighted by molar-refractivity contribution is -0.124. The number of hydrogen-bond donors (Lipinski definition) is 3. The highest BCUT2D eigenvalue weighted by Crippen LogP contribution is 2.05. The first-order valence-electron chi connectivity index (χ1n) is 6.82. The molecule has 1 rings (SSSR count). The lowest BCUT2D eigenvalue weighted by atomic mass is 10.2. The molecule has 0 heterocycles. The molecule has 2 unspecified atom stereocenters. The molecule has 2 amide bonds. The third-order valence-electron chi connectivity index (χ3n) is 2.76. The largest absolute Gasteiger partial charge is 0.353 e. The molecule has 110 valence electrons. The Labute approximate surface area is 120 Å². The van der Waals surface area contributed by atoms with Gasteiger partial charge < -0.3 is 10.6 Å². The number of hydrogen-bond acceptors (Lipinski definition) is 3. The Morgan fingerprint density at radius 1 is 0.900 bits per heavy atom. The van der Waals surface area contributed by atoms with Crippen molar-refractivity contribution in [1.82, 2.24) is 10.6 Å². The molecule has 0 aromatic heterocycles. The van der Waals surface area contributed by atoms with Gasteiger partial charge in [-0.15, -0.1) is 0 Å². The summed E-state index contributed by atoms with van der Waals surface area (Å²) in [7, 11) is 0. The van der Waals surface area contributed by atoms with E-state index in [0.717, 1.165) is 5.69 Å². The molecule has 3 N–H and O–H groups in total. The van der Waals surface area contributed by atoms with Crippen LogP contribution < -0.4 is 16.0 Å². The normalized spacial score (nSPS) is 13.7. The smallest absolute Gasteiger partial charge is 0.241 e. The van der Waals surface area contributed by atoms with E-state index < -0.39 is 12.1 Å². The minimum absolute atomic E-state index is 0.0835. The monoisotopic (exact) mass is 277 g/mol. The van der Waals surface area contributed by atoms with Crippen LogP contribution in [0.15, 0.2) is 30.3 Å². The van der Waals surface area contributed by atoms with Crippen molar-refractivity contribution in [3.05, 3.63) is 30.3 Å². The standard InChI is InChI=1S/C15H23N3O2/c1-10(2)16-14(19)11(3)17-12(4)15(20)18-13-8-6-5-7-9-13/h5-12,17H,1-4H3,(H,16,19)(H,18,20). The second-order valence-corrected chi connectivity index (χ2v) is 5.13. The molecule has 0 aliphatic heterocycles. The molecule has 0 spiro atoms. The van der Waals surface area contributed by atoms with Crippen LogP contribution in [0, 0.1) is 0 Å². The fourth-order valence-electron chi connectivity index (χ4n) is 1.71. The van der Waals surface area contributed by atoms with Crippen LogP contribution in [0.3, 0.4) is 0 Å². The molecule has 0 aliphatic rings. The van der Waals surface area contributed by atoms with Crippen molar-refractivity contribution in [3.8, 4) is 0 Å². The zero-order valence-corrected chi connectivity index (χ0v) is 12.4. The van der Waals surface area contributed by atoms with Crippen LogP contribution in [0.4, 0.5) is 5.69 Å². The second-order valence-electron chi connectivity index (χ2n) is 5.13. The third kappa shape index (κ3) is 5.40. The van der Waals surface area contributed by atoms with E-state index in [4.69, 9.17) is 0 Å². The van der Waals surface area contributed by atoms with Crippen molar-refractivity contribution < 1.29 is 9.59 Å². The average Bonchev–Trinajstić information content (AvgIpc) is 2.38. The predicted octanol–water partition coefficient (Wildman–Crippen LogP) is 1.52. The predicted molar refractivity (Wildman–Crippen MR) is 80.4 cm³/mol. The number of nitrogens with one attached hydrogen (secondary N) is 3. The molecular formula is C15H23N3O2. The molecule has 0 saturated carbocycles. The zero-order chi connectivity index (χ0) is 15.1. The van der Waals surface area contributed by atoms with Gasteiger partial charge in [-0.3, -0.25) is 14.9 Å². The molecule has 5 nitrogen and oxygen atoms in total. The zero-order valence-electron chi connectivity index (χ0n) is 12.4. The number of amides is 2. The van der Waals surface area contributed by atoms with Crippen LogP contribution in [0.5, 0.6) is 0 Å². The summed E-state index contributed by atoms with van der Waals surface area (Å²) in [6, 6.07) is 8.44. The van der Waals surface area contributed by atoms with E-state index in [0.29, 0.717) is 0 Å². The van der Waals surface area contributed by atoms with Crippen molar-refractivity contribution in [3.63, 3.8) is 0 Å². The fraction of sp³-hybridized carbons (Fsp3) is 0.467. The highest BCUT2D eigenvalue weighted by molar-refractivity contribution is 5.95. The molecule has 0 saturated heterocycles. The Morgan fingerprint density at radius 3 is 2.00 bits per heavy atom. The van der Waals surface area contributed by atoms with Gasteiger partial charge in [-0.25, -0.2) is 0 Å². The van der Waals surface area contributed by atoms with Crippen molar-refractivity contribution in [2.75, 3.05) is 5.32 Å². The van der Waals surface area contributed by atoms with Gasteiger partial charge in [0.15, 0.2) is 0 Å². The van der Waals surface area contributed by atoms with Crippen LogP contribution in [-0.4, -0.2) is 29.9 Å². The summed E-state index contributed by atoms with van der Waals surface area (Å²) in [5.41, 5.74) is 0.741. The Morgan fingerprint density at radius 2 is 1.45 bits per heavy atom. The van der Waals surface area contributed by atoms with Crippen molar-refractivity contribution in [2.45, 2.75) is 45.8 Å². The van der Waals surface area contributed by atoms with Gasteiger partial charge in [0.1, 0.15) is 0 Å². The minimum atomic E-state index is -0.455. The number of benzene rings is 1. The second kappa shape index (κ2) is 7.65. The van der Waals surface area contributed by atoms with Crippen LogP contribution in [0.2, 0.25) is 0 Å². The number of para-hydroxylation sites is 1. The first kappa shape index (κ1) is 16.2. The first-order chi connectivity index (χ1) is 9.40. The summed E-state index contributed by atoms with van der Waals surface area (Å²) in [4.78, 5) is 23.8. The molecule has 1 aromatic rings. The van der Waals surface area contributed by atoms with E-state index in [9.17, 15) is 9.59 Å². The van der Waals surface area contributed by atoms with Crippen molar-refractivity contribution in [2.24, 2.45) is 0 Å². The number of carbonyl (C=O) groups is 2. The van der Waals surface area contributed by atoms with E-state index in [-0.39, 0.29) is 17.9 Å². The maximum Gasteiger partial charge on any atom is 0.241 e. The lowest BCUT2D eigenvalue weighted by Crippen LogP contribution is -2.50. The van der Waals surface area contributed by atoms with E-state index in [1.54, 1.807) is 13.8 Å². The van der Waals surface area contributed by atoms with Gasteiger partial charge in [-0.05, 0) is 39.8 Å². The van der Waals surface area contributed by atoms with Crippen LogP contribution in [0.1, 0.15) is 27.7 Å². The fourth-order valence-corrected chi connectivity index (χ4v) is 1.71. The maximum atomic E-state index is 12.0. The Balaban J connectivity index is 2.47. The highest BCUT2D eigenvalue weighted by Gasteiger charge is 2.20. The van der Waals surface area contributed by atoms with Gasteiger partial charge in [0, 0.05) is 11.7 Å². The number of carbonyl (C=O) groups excluding carboxylic acids is 2.